The molecule has 2 aromatic rings. The largest absolute Gasteiger partial charge is 0.428 e. The Morgan fingerprint density at radius 3 is 1.81 bits per heavy atom. The van der Waals surface area contributed by atoms with Gasteiger partial charge >= 0.3 is 5.69 Å². The minimum atomic E-state index is -2.63. The van der Waals surface area contributed by atoms with E-state index in [1.807, 2.05) is 60.7 Å². The Bertz CT molecular complexity index is 545. The second-order valence-electron chi connectivity index (χ2n) is 4.40. The molecule has 0 fully saturated rings. The van der Waals surface area contributed by atoms with E-state index >= 15 is 0 Å². The van der Waals surface area contributed by atoms with Gasteiger partial charge in [-0.15, -0.1) is 0 Å². The quantitative estimate of drug-likeness (QED) is 0.752. The molecule has 1 N–H and O–H groups in total. The van der Waals surface area contributed by atoms with Crippen LogP contribution in [-0.4, -0.2) is 17.0 Å². The van der Waals surface area contributed by atoms with Crippen LogP contribution in [0.1, 0.15) is 6.92 Å². The molecule has 0 radical (unpaired) electrons. The minimum absolute atomic E-state index is 0.462. The lowest BCUT2D eigenvalue weighted by atomic mass is 10.3. The molecule has 0 aliphatic heterocycles. The molecule has 1 atom stereocenters. The Balaban J connectivity index is 2.15. The fourth-order valence-corrected chi connectivity index (χ4v) is 5.88. The molecule has 6 heteroatoms. The molecule has 1 unspecified atom stereocenters. The van der Waals surface area contributed by atoms with Gasteiger partial charge in [0, 0.05) is 5.75 Å². The molecule has 2 rings (SSSR count). The molecule has 21 heavy (non-hydrogen) atoms. The van der Waals surface area contributed by atoms with Crippen LogP contribution in [0.2, 0.25) is 0 Å². The molecule has 0 aliphatic rings. The summed E-state index contributed by atoms with van der Waals surface area (Å²) in [7, 11) is 0. The third-order valence-corrected chi connectivity index (χ3v) is 7.45. The zero-order valence-electron chi connectivity index (χ0n) is 11.6. The molecule has 3 nitrogen and oxygen atoms in total. The second kappa shape index (κ2) is 7.85. The van der Waals surface area contributed by atoms with Crippen LogP contribution in [-0.2, 0) is 11.8 Å². The first kappa shape index (κ1) is 16.4. The molecule has 112 valence electrons. The molecule has 0 heterocycles. The predicted molar refractivity (Wildman–Crippen MR) is 92.6 cm³/mol. The van der Waals surface area contributed by atoms with Crippen molar-refractivity contribution in [2.24, 2.45) is 0 Å². The lowest BCUT2D eigenvalue weighted by Gasteiger charge is -2.23. The number of benzene rings is 2. The summed E-state index contributed by atoms with van der Waals surface area (Å²) in [5.74, 6) is 1.82. The van der Waals surface area contributed by atoms with Crippen LogP contribution in [0.4, 0.5) is 0 Å². The minimum Gasteiger partial charge on any atom is -0.428 e. The van der Waals surface area contributed by atoms with Crippen LogP contribution in [0.25, 0.3) is 0 Å². The van der Waals surface area contributed by atoms with E-state index in [-0.39, 0.29) is 0 Å². The van der Waals surface area contributed by atoms with Gasteiger partial charge in [-0.1, -0.05) is 36.4 Å². The van der Waals surface area contributed by atoms with Crippen molar-refractivity contribution in [3.8, 4) is 11.5 Å². The van der Waals surface area contributed by atoms with Crippen molar-refractivity contribution < 1.29 is 14.2 Å². The van der Waals surface area contributed by atoms with E-state index in [1.165, 1.54) is 11.4 Å². The average molecular weight is 340 g/mol. The normalized spacial score (nSPS) is 12.7. The van der Waals surface area contributed by atoms with Gasteiger partial charge in [0.15, 0.2) is 0 Å². The molecule has 0 spiro atoms. The van der Waals surface area contributed by atoms with E-state index in [4.69, 9.17) is 20.9 Å². The van der Waals surface area contributed by atoms with Gasteiger partial charge in [-0.05, 0) is 54.4 Å². The molecule has 0 aliphatic carbocycles. The first-order valence-electron chi connectivity index (χ1n) is 6.49. The maximum atomic E-state index is 9.49. The van der Waals surface area contributed by atoms with E-state index in [0.717, 1.165) is 0 Å². The molecule has 0 saturated carbocycles. The van der Waals surface area contributed by atoms with Gasteiger partial charge in [0.05, 0.1) is 6.10 Å². The molecule has 2 aromatic carbocycles. The molecule has 0 aromatic heterocycles. The van der Waals surface area contributed by atoms with Crippen molar-refractivity contribution in [3.63, 3.8) is 0 Å². The van der Waals surface area contributed by atoms with Crippen LogP contribution < -0.4 is 9.05 Å². The summed E-state index contributed by atoms with van der Waals surface area (Å²) in [6, 6.07) is 18.8. The summed E-state index contributed by atoms with van der Waals surface area (Å²) in [4.78, 5) is 0. The number of hydrogen-bond donors (Lipinski definition) is 1. The number of aliphatic hydroxyl groups is 1. The number of aliphatic hydroxyl groups excluding tert-OH is 1. The van der Waals surface area contributed by atoms with Crippen molar-refractivity contribution in [3.05, 3.63) is 60.7 Å². The van der Waals surface area contributed by atoms with Crippen molar-refractivity contribution in [1.82, 2.24) is 0 Å². The van der Waals surface area contributed by atoms with Crippen molar-refractivity contribution in [2.45, 2.75) is 13.0 Å². The van der Waals surface area contributed by atoms with Gasteiger partial charge in [0.2, 0.25) is 0 Å². The Morgan fingerprint density at radius 1 is 1.00 bits per heavy atom. The zero-order valence-corrected chi connectivity index (χ0v) is 14.1. The third-order valence-electron chi connectivity index (χ3n) is 2.39. The van der Waals surface area contributed by atoms with E-state index in [9.17, 15) is 5.11 Å². The Morgan fingerprint density at radius 2 is 1.43 bits per heavy atom. The van der Waals surface area contributed by atoms with E-state index in [1.54, 1.807) is 6.92 Å². The summed E-state index contributed by atoms with van der Waals surface area (Å²) in [5.41, 5.74) is -2.63. The van der Waals surface area contributed by atoms with Crippen molar-refractivity contribution >= 4 is 28.9 Å². The Hall–Kier alpha value is -1.00. The zero-order chi connectivity index (χ0) is 15.1. The summed E-state index contributed by atoms with van der Waals surface area (Å²) in [6.45, 7) is 1.72. The van der Waals surface area contributed by atoms with Crippen LogP contribution in [0.15, 0.2) is 60.7 Å². The van der Waals surface area contributed by atoms with E-state index in [2.05, 4.69) is 0 Å². The van der Waals surface area contributed by atoms with Crippen LogP contribution in [0.3, 0.4) is 0 Å². The van der Waals surface area contributed by atoms with Gasteiger partial charge in [-0.2, -0.15) is 0 Å². The summed E-state index contributed by atoms with van der Waals surface area (Å²) in [6.07, 6.45) is -0.462. The number of rotatable bonds is 7. The van der Waals surface area contributed by atoms with Gasteiger partial charge in [-0.25, -0.2) is 0 Å². The van der Waals surface area contributed by atoms with Crippen LogP contribution in [0.5, 0.6) is 11.5 Å². The molecule has 0 amide bonds. The summed E-state index contributed by atoms with van der Waals surface area (Å²) >= 11 is 6.96. The average Bonchev–Trinajstić information content (AvgIpc) is 2.47. The maximum Gasteiger partial charge on any atom is 0.348 e. The molecule has 0 bridgehead atoms. The molecular formula is C15H17O3PS2. The number of para-hydroxylation sites is 2. The fourth-order valence-electron chi connectivity index (χ4n) is 1.49. The predicted octanol–water partition coefficient (Wildman–Crippen LogP) is 4.48. The van der Waals surface area contributed by atoms with Gasteiger partial charge in [0.25, 0.3) is 0 Å². The van der Waals surface area contributed by atoms with Gasteiger partial charge in [0.1, 0.15) is 11.5 Å². The van der Waals surface area contributed by atoms with Gasteiger partial charge in [-0.3, -0.25) is 0 Å². The fraction of sp³-hybridized carbons (Fsp3) is 0.200. The molecule has 0 saturated heterocycles. The summed E-state index contributed by atoms with van der Waals surface area (Å²) in [5, 5.41) is 9.49. The lowest BCUT2D eigenvalue weighted by molar-refractivity contribution is 0.220. The third kappa shape index (κ3) is 5.71. The highest BCUT2D eigenvalue weighted by Gasteiger charge is 2.24. The van der Waals surface area contributed by atoms with Crippen LogP contribution in [0, 0.1) is 0 Å². The monoisotopic (exact) mass is 340 g/mol. The highest BCUT2D eigenvalue weighted by Crippen LogP contribution is 2.60. The van der Waals surface area contributed by atoms with Crippen molar-refractivity contribution in [2.75, 3.05) is 5.75 Å². The Labute approximate surface area is 134 Å². The SMILES string of the molecule is CC(O)CSP(=S)(Oc1ccccc1)Oc1ccccc1. The number of hydrogen-bond acceptors (Lipinski definition) is 5. The lowest BCUT2D eigenvalue weighted by Crippen LogP contribution is -2.06. The Kier molecular flexibility index (Phi) is 6.12. The van der Waals surface area contributed by atoms with Gasteiger partial charge < -0.3 is 14.2 Å². The van der Waals surface area contributed by atoms with E-state index < -0.39 is 11.8 Å². The first-order chi connectivity index (χ1) is 10.1. The van der Waals surface area contributed by atoms with Crippen molar-refractivity contribution in [1.29, 1.82) is 0 Å². The second-order valence-corrected chi connectivity index (χ2v) is 10.6. The first-order valence-corrected chi connectivity index (χ1v) is 10.7. The summed E-state index contributed by atoms with van der Waals surface area (Å²) < 4.78 is 11.8. The topological polar surface area (TPSA) is 38.7 Å². The highest BCUT2D eigenvalue weighted by atomic mass is 32.9. The molecular weight excluding hydrogens is 323 g/mol. The highest BCUT2D eigenvalue weighted by molar-refractivity contribution is 8.68. The maximum absolute atomic E-state index is 9.49. The standard InChI is InChI=1S/C15H17O3PS2/c1-13(16)12-21-19(20,17-14-8-4-2-5-9-14)18-15-10-6-3-7-11-15/h2-11,13,16H,12H2,1H3. The smallest absolute Gasteiger partial charge is 0.348 e. The van der Waals surface area contributed by atoms with Crippen LogP contribution >= 0.6 is 17.1 Å². The van der Waals surface area contributed by atoms with E-state index in [0.29, 0.717) is 17.3 Å².